The molecule has 7 heteroatoms. The summed E-state index contributed by atoms with van der Waals surface area (Å²) in [6.45, 7) is 4.17. The van der Waals surface area contributed by atoms with Gasteiger partial charge in [-0.3, -0.25) is 4.21 Å². The van der Waals surface area contributed by atoms with Crippen molar-refractivity contribution in [3.8, 4) is 0 Å². The van der Waals surface area contributed by atoms with E-state index in [1.165, 1.54) is 22.5 Å². The van der Waals surface area contributed by atoms with Gasteiger partial charge in [-0.15, -0.1) is 0 Å². The molecule has 1 aromatic carbocycles. The van der Waals surface area contributed by atoms with E-state index in [4.69, 9.17) is 0 Å². The van der Waals surface area contributed by atoms with Gasteiger partial charge < -0.3 is 4.55 Å². The van der Waals surface area contributed by atoms with E-state index in [9.17, 15) is 17.2 Å². The summed E-state index contributed by atoms with van der Waals surface area (Å²) >= 11 is -2.42. The lowest BCUT2D eigenvalue weighted by molar-refractivity contribution is 0.445. The summed E-state index contributed by atoms with van der Waals surface area (Å²) in [4.78, 5) is -0.0267. The molecule has 0 saturated heterocycles. The highest BCUT2D eigenvalue weighted by atomic mass is 32.2. The van der Waals surface area contributed by atoms with E-state index in [2.05, 4.69) is 0 Å². The van der Waals surface area contributed by atoms with E-state index in [1.54, 1.807) is 13.8 Å². The minimum absolute atomic E-state index is 0.00269. The number of sulfonamides is 1. The van der Waals surface area contributed by atoms with Crippen LogP contribution in [0.5, 0.6) is 0 Å². The molecule has 0 fully saturated rings. The second-order valence-corrected chi connectivity index (χ2v) is 6.18. The minimum atomic E-state index is -3.60. The van der Waals surface area contributed by atoms with Crippen LogP contribution in [-0.2, 0) is 21.1 Å². The Balaban J connectivity index is 3.24. The van der Waals surface area contributed by atoms with Crippen molar-refractivity contribution in [2.24, 2.45) is 0 Å². The number of nitrogens with zero attached hydrogens (tertiary/aromatic N) is 1. The molecule has 96 valence electrons. The van der Waals surface area contributed by atoms with Crippen LogP contribution < -0.4 is 0 Å². The Morgan fingerprint density at radius 3 is 2.35 bits per heavy atom. The van der Waals surface area contributed by atoms with Gasteiger partial charge in [0.1, 0.15) is 0 Å². The Morgan fingerprint density at radius 2 is 1.88 bits per heavy atom. The van der Waals surface area contributed by atoms with Crippen molar-refractivity contribution in [1.82, 2.24) is 4.31 Å². The van der Waals surface area contributed by atoms with E-state index < -0.39 is 21.1 Å². The highest BCUT2D eigenvalue weighted by Gasteiger charge is 2.21. The SMILES string of the molecule is CCN(CC)S(=O)(=O)c1cccc(S(=O)[O-])c1. The molecule has 0 N–H and O–H groups in total. The van der Waals surface area contributed by atoms with Crippen LogP contribution in [0.25, 0.3) is 0 Å². The molecule has 1 atom stereocenters. The normalized spacial score (nSPS) is 13.9. The maximum Gasteiger partial charge on any atom is 0.243 e. The smallest absolute Gasteiger partial charge is 0.243 e. The minimum Gasteiger partial charge on any atom is -0.768 e. The average molecular weight is 276 g/mol. The van der Waals surface area contributed by atoms with Crippen LogP contribution >= 0.6 is 0 Å². The average Bonchev–Trinajstić information content (AvgIpc) is 2.30. The molecule has 1 aromatic rings. The fourth-order valence-electron chi connectivity index (χ4n) is 1.45. The van der Waals surface area contributed by atoms with Crippen LogP contribution in [0, 0.1) is 0 Å². The van der Waals surface area contributed by atoms with E-state index in [0.29, 0.717) is 13.1 Å². The Bertz CT molecular complexity index is 509. The van der Waals surface area contributed by atoms with Crippen molar-refractivity contribution in [3.05, 3.63) is 24.3 Å². The van der Waals surface area contributed by atoms with Crippen molar-refractivity contribution in [2.75, 3.05) is 13.1 Å². The summed E-state index contributed by atoms with van der Waals surface area (Å²) in [5.74, 6) is 0. The quantitative estimate of drug-likeness (QED) is 0.750. The van der Waals surface area contributed by atoms with Crippen LogP contribution in [0.1, 0.15) is 13.8 Å². The van der Waals surface area contributed by atoms with Gasteiger partial charge in [0.15, 0.2) is 0 Å². The van der Waals surface area contributed by atoms with Gasteiger partial charge >= 0.3 is 0 Å². The number of rotatable bonds is 5. The van der Waals surface area contributed by atoms with Crippen LogP contribution in [0.2, 0.25) is 0 Å². The summed E-state index contributed by atoms with van der Waals surface area (Å²) in [6, 6.07) is 5.33. The summed E-state index contributed by atoms with van der Waals surface area (Å²) in [5.41, 5.74) is 0. The molecule has 0 aliphatic heterocycles. The summed E-state index contributed by atoms with van der Waals surface area (Å²) < 4.78 is 47.0. The fraction of sp³-hybridized carbons (Fsp3) is 0.400. The van der Waals surface area contributed by atoms with Crippen LogP contribution in [0.3, 0.4) is 0 Å². The molecule has 0 heterocycles. The van der Waals surface area contributed by atoms with Crippen molar-refractivity contribution < 1.29 is 17.2 Å². The number of benzene rings is 1. The van der Waals surface area contributed by atoms with E-state index in [1.807, 2.05) is 0 Å². The van der Waals surface area contributed by atoms with Gasteiger partial charge in [0.2, 0.25) is 10.0 Å². The first-order valence-corrected chi connectivity index (χ1v) is 7.64. The molecule has 0 aromatic heterocycles. The molecule has 0 aliphatic carbocycles. The zero-order valence-electron chi connectivity index (χ0n) is 9.62. The lowest BCUT2D eigenvalue weighted by Gasteiger charge is -2.19. The molecular formula is C10H14NO4S2-. The molecule has 5 nitrogen and oxygen atoms in total. The standard InChI is InChI=1S/C10H15NO4S2/c1-3-11(4-2)17(14,15)10-7-5-6-9(8-10)16(12)13/h5-8H,3-4H2,1-2H3,(H,12,13)/p-1. The monoisotopic (exact) mass is 276 g/mol. The molecule has 1 rings (SSSR count). The number of hydrogen-bond acceptors (Lipinski definition) is 4. The van der Waals surface area contributed by atoms with Crippen molar-refractivity contribution in [2.45, 2.75) is 23.6 Å². The highest BCUT2D eigenvalue weighted by molar-refractivity contribution is 7.89. The predicted molar refractivity (Wildman–Crippen MR) is 63.7 cm³/mol. The predicted octanol–water partition coefficient (Wildman–Crippen LogP) is 0.955. The van der Waals surface area contributed by atoms with Crippen LogP contribution in [-0.4, -0.2) is 34.6 Å². The van der Waals surface area contributed by atoms with Gasteiger partial charge in [0, 0.05) is 18.0 Å². The molecule has 0 saturated carbocycles. The third kappa shape index (κ3) is 3.12. The molecule has 0 bridgehead atoms. The molecule has 0 spiro atoms. The van der Waals surface area contributed by atoms with Gasteiger partial charge in [0.25, 0.3) is 0 Å². The molecule has 0 aliphatic rings. The first kappa shape index (κ1) is 14.3. The van der Waals surface area contributed by atoms with Crippen molar-refractivity contribution in [3.63, 3.8) is 0 Å². The third-order valence-corrected chi connectivity index (χ3v) is 5.03. The lowest BCUT2D eigenvalue weighted by Crippen LogP contribution is -2.30. The summed E-state index contributed by atoms with van der Waals surface area (Å²) in [6.07, 6.45) is 0. The van der Waals surface area contributed by atoms with Gasteiger partial charge in [-0.25, -0.2) is 8.42 Å². The lowest BCUT2D eigenvalue weighted by atomic mass is 10.4. The summed E-state index contributed by atoms with van der Waals surface area (Å²) in [7, 11) is -3.60. The van der Waals surface area contributed by atoms with E-state index in [-0.39, 0.29) is 9.79 Å². The first-order chi connectivity index (χ1) is 7.93. The maximum atomic E-state index is 12.1. The van der Waals surface area contributed by atoms with Gasteiger partial charge in [0.05, 0.1) is 4.90 Å². The van der Waals surface area contributed by atoms with Crippen LogP contribution in [0.15, 0.2) is 34.1 Å². The molecule has 1 unspecified atom stereocenters. The fourth-order valence-corrected chi connectivity index (χ4v) is 3.44. The van der Waals surface area contributed by atoms with Crippen molar-refractivity contribution in [1.29, 1.82) is 0 Å². The van der Waals surface area contributed by atoms with Crippen molar-refractivity contribution >= 4 is 21.1 Å². The van der Waals surface area contributed by atoms with Crippen LogP contribution in [0.4, 0.5) is 0 Å². The second kappa shape index (κ2) is 5.72. The zero-order valence-corrected chi connectivity index (χ0v) is 11.3. The first-order valence-electron chi connectivity index (χ1n) is 5.13. The van der Waals surface area contributed by atoms with Gasteiger partial charge in [-0.1, -0.05) is 19.9 Å². The zero-order chi connectivity index (χ0) is 13.1. The highest BCUT2D eigenvalue weighted by Crippen LogP contribution is 2.18. The molecule has 17 heavy (non-hydrogen) atoms. The molecular weight excluding hydrogens is 262 g/mol. The maximum absolute atomic E-state index is 12.1. The molecule has 0 amide bonds. The Kier molecular flexibility index (Phi) is 4.81. The Hall–Kier alpha value is -0.760. The largest absolute Gasteiger partial charge is 0.768 e. The van der Waals surface area contributed by atoms with E-state index >= 15 is 0 Å². The van der Waals surface area contributed by atoms with Gasteiger partial charge in [-0.2, -0.15) is 4.31 Å². The third-order valence-electron chi connectivity index (χ3n) is 2.34. The second-order valence-electron chi connectivity index (χ2n) is 3.30. The summed E-state index contributed by atoms with van der Waals surface area (Å²) in [5, 5.41) is 0. The van der Waals surface area contributed by atoms with Gasteiger partial charge in [-0.05, 0) is 29.3 Å². The Labute approximate surface area is 104 Å². The Morgan fingerprint density at radius 1 is 1.29 bits per heavy atom. The molecule has 0 radical (unpaired) electrons. The topological polar surface area (TPSA) is 77.5 Å². The van der Waals surface area contributed by atoms with E-state index in [0.717, 1.165) is 6.07 Å². The number of hydrogen-bond donors (Lipinski definition) is 0.